The number of hydrogen-bond donors (Lipinski definition) is 2. The predicted molar refractivity (Wildman–Crippen MR) is 102 cm³/mol. The SMILES string of the molecule is CC(C)c1cc(NC(=O)C2CCCN2C(=O)c2cc(Cl)ccc2Cl)n[nH]1. The molecule has 1 atom stereocenters. The molecule has 2 amide bonds. The van der Waals surface area contributed by atoms with Crippen molar-refractivity contribution < 1.29 is 9.59 Å². The van der Waals surface area contributed by atoms with E-state index in [1.54, 1.807) is 23.1 Å². The summed E-state index contributed by atoms with van der Waals surface area (Å²) in [6.07, 6.45) is 1.34. The van der Waals surface area contributed by atoms with Crippen LogP contribution in [0.4, 0.5) is 5.82 Å². The van der Waals surface area contributed by atoms with Gasteiger partial charge in [0.05, 0.1) is 10.6 Å². The summed E-state index contributed by atoms with van der Waals surface area (Å²) in [5.41, 5.74) is 1.24. The molecule has 2 aromatic rings. The second-order valence-corrected chi connectivity index (χ2v) is 7.48. The summed E-state index contributed by atoms with van der Waals surface area (Å²) in [5, 5.41) is 10.5. The molecule has 1 aromatic heterocycles. The minimum Gasteiger partial charge on any atom is -0.327 e. The van der Waals surface area contributed by atoms with Gasteiger partial charge in [0.15, 0.2) is 5.82 Å². The molecule has 0 radical (unpaired) electrons. The van der Waals surface area contributed by atoms with Crippen LogP contribution in [0.5, 0.6) is 0 Å². The molecular formula is C18H20Cl2N4O2. The standard InChI is InChI=1S/C18H20Cl2N4O2/c1-10(2)14-9-16(23-22-14)21-17(25)15-4-3-7-24(15)18(26)12-8-11(19)5-6-13(12)20/h5-6,8-10,15H,3-4,7H2,1-2H3,(H2,21,22,23,25). The van der Waals surface area contributed by atoms with Gasteiger partial charge in [0.1, 0.15) is 6.04 Å². The molecule has 138 valence electrons. The fraction of sp³-hybridized carbons (Fsp3) is 0.389. The second kappa shape index (κ2) is 7.68. The van der Waals surface area contributed by atoms with Gasteiger partial charge in [-0.15, -0.1) is 0 Å². The number of nitrogens with zero attached hydrogens (tertiary/aromatic N) is 2. The average molecular weight is 395 g/mol. The maximum atomic E-state index is 12.9. The van der Waals surface area contributed by atoms with Gasteiger partial charge in [0.25, 0.3) is 5.91 Å². The average Bonchev–Trinajstić information content (AvgIpc) is 3.25. The molecule has 1 aliphatic rings. The van der Waals surface area contributed by atoms with Gasteiger partial charge in [-0.3, -0.25) is 14.7 Å². The van der Waals surface area contributed by atoms with Crippen molar-refractivity contribution in [1.82, 2.24) is 15.1 Å². The van der Waals surface area contributed by atoms with Gasteiger partial charge in [0, 0.05) is 23.3 Å². The fourth-order valence-corrected chi connectivity index (χ4v) is 3.37. The number of benzene rings is 1. The Morgan fingerprint density at radius 2 is 2.08 bits per heavy atom. The van der Waals surface area contributed by atoms with Gasteiger partial charge >= 0.3 is 0 Å². The Morgan fingerprint density at radius 1 is 1.31 bits per heavy atom. The molecule has 1 aliphatic heterocycles. The number of carbonyl (C=O) groups is 2. The fourth-order valence-electron chi connectivity index (χ4n) is 3.00. The minimum absolute atomic E-state index is 0.254. The monoisotopic (exact) mass is 394 g/mol. The first-order valence-corrected chi connectivity index (χ1v) is 9.24. The van der Waals surface area contributed by atoms with Crippen molar-refractivity contribution in [3.8, 4) is 0 Å². The van der Waals surface area contributed by atoms with Crippen LogP contribution in [0.3, 0.4) is 0 Å². The molecule has 3 rings (SSSR count). The largest absolute Gasteiger partial charge is 0.327 e. The maximum Gasteiger partial charge on any atom is 0.256 e. The number of aromatic amines is 1. The Labute approximate surface area is 161 Å². The molecule has 6 nitrogen and oxygen atoms in total. The van der Waals surface area contributed by atoms with E-state index >= 15 is 0 Å². The molecule has 1 aromatic carbocycles. The molecular weight excluding hydrogens is 375 g/mol. The van der Waals surface area contributed by atoms with E-state index in [0.717, 1.165) is 12.1 Å². The van der Waals surface area contributed by atoms with E-state index < -0.39 is 6.04 Å². The third kappa shape index (κ3) is 3.86. The summed E-state index contributed by atoms with van der Waals surface area (Å²) in [6, 6.07) is 5.98. The highest BCUT2D eigenvalue weighted by Crippen LogP contribution is 2.27. The summed E-state index contributed by atoms with van der Waals surface area (Å²) < 4.78 is 0. The van der Waals surface area contributed by atoms with Gasteiger partial charge < -0.3 is 10.2 Å². The first-order chi connectivity index (χ1) is 12.4. The van der Waals surface area contributed by atoms with Crippen molar-refractivity contribution in [3.63, 3.8) is 0 Å². The number of H-pyrrole nitrogens is 1. The van der Waals surface area contributed by atoms with Gasteiger partial charge in [-0.25, -0.2) is 0 Å². The maximum absolute atomic E-state index is 12.9. The smallest absolute Gasteiger partial charge is 0.256 e. The molecule has 0 saturated carbocycles. The van der Waals surface area contributed by atoms with Crippen molar-refractivity contribution in [2.45, 2.75) is 38.6 Å². The topological polar surface area (TPSA) is 78.1 Å². The van der Waals surface area contributed by atoms with E-state index in [-0.39, 0.29) is 17.7 Å². The number of halogens is 2. The van der Waals surface area contributed by atoms with Crippen LogP contribution in [-0.2, 0) is 4.79 Å². The van der Waals surface area contributed by atoms with Gasteiger partial charge in [-0.2, -0.15) is 5.10 Å². The lowest BCUT2D eigenvalue weighted by molar-refractivity contribution is -0.119. The Morgan fingerprint density at radius 3 is 2.77 bits per heavy atom. The molecule has 0 spiro atoms. The number of rotatable bonds is 4. The number of nitrogens with one attached hydrogen (secondary N) is 2. The van der Waals surface area contributed by atoms with Crippen LogP contribution < -0.4 is 5.32 Å². The van der Waals surface area contributed by atoms with E-state index in [1.807, 2.05) is 13.8 Å². The zero-order valence-electron chi connectivity index (χ0n) is 14.6. The van der Waals surface area contributed by atoms with E-state index in [9.17, 15) is 9.59 Å². The Kier molecular flexibility index (Phi) is 5.53. The van der Waals surface area contributed by atoms with Crippen molar-refractivity contribution >= 4 is 40.8 Å². The number of aromatic nitrogens is 2. The summed E-state index contributed by atoms with van der Waals surface area (Å²) in [5.74, 6) is 0.192. The lowest BCUT2D eigenvalue weighted by Gasteiger charge is -2.24. The van der Waals surface area contributed by atoms with E-state index in [2.05, 4.69) is 15.5 Å². The highest BCUT2D eigenvalue weighted by atomic mass is 35.5. The molecule has 1 fully saturated rings. The highest BCUT2D eigenvalue weighted by Gasteiger charge is 2.35. The minimum atomic E-state index is -0.559. The molecule has 2 heterocycles. The number of likely N-dealkylation sites (tertiary alicyclic amines) is 1. The van der Waals surface area contributed by atoms with Crippen molar-refractivity contribution in [2.24, 2.45) is 0 Å². The van der Waals surface area contributed by atoms with Crippen LogP contribution in [-0.4, -0.2) is 39.5 Å². The Balaban J connectivity index is 1.75. The Bertz CT molecular complexity index is 834. The van der Waals surface area contributed by atoms with Gasteiger partial charge in [-0.1, -0.05) is 37.0 Å². The molecule has 2 N–H and O–H groups in total. The molecule has 8 heteroatoms. The summed E-state index contributed by atoms with van der Waals surface area (Å²) in [7, 11) is 0. The number of carbonyl (C=O) groups excluding carboxylic acids is 2. The zero-order chi connectivity index (χ0) is 18.8. The quantitative estimate of drug-likeness (QED) is 0.819. The first-order valence-electron chi connectivity index (χ1n) is 8.49. The zero-order valence-corrected chi connectivity index (χ0v) is 16.1. The van der Waals surface area contributed by atoms with Crippen LogP contribution in [0.1, 0.15) is 48.7 Å². The predicted octanol–water partition coefficient (Wildman–Crippen LogP) is 4.08. The van der Waals surface area contributed by atoms with Crippen LogP contribution >= 0.6 is 23.2 Å². The van der Waals surface area contributed by atoms with Crippen LogP contribution in [0.2, 0.25) is 10.0 Å². The van der Waals surface area contributed by atoms with E-state index in [4.69, 9.17) is 23.2 Å². The van der Waals surface area contributed by atoms with Crippen LogP contribution in [0, 0.1) is 0 Å². The summed E-state index contributed by atoms with van der Waals surface area (Å²) >= 11 is 12.1. The Hall–Kier alpha value is -2.05. The molecule has 0 aliphatic carbocycles. The van der Waals surface area contributed by atoms with Crippen LogP contribution in [0.15, 0.2) is 24.3 Å². The molecule has 0 bridgehead atoms. The molecule has 26 heavy (non-hydrogen) atoms. The first kappa shape index (κ1) is 18.7. The van der Waals surface area contributed by atoms with Crippen molar-refractivity contribution in [2.75, 3.05) is 11.9 Å². The highest BCUT2D eigenvalue weighted by molar-refractivity contribution is 6.35. The lowest BCUT2D eigenvalue weighted by atomic mass is 10.1. The van der Waals surface area contributed by atoms with Gasteiger partial charge in [0.2, 0.25) is 5.91 Å². The molecule has 1 unspecified atom stereocenters. The number of amides is 2. The lowest BCUT2D eigenvalue weighted by Crippen LogP contribution is -2.43. The normalized spacial score (nSPS) is 17.0. The second-order valence-electron chi connectivity index (χ2n) is 6.63. The van der Waals surface area contributed by atoms with Gasteiger partial charge in [-0.05, 0) is 37.0 Å². The number of hydrogen-bond acceptors (Lipinski definition) is 3. The summed E-state index contributed by atoms with van der Waals surface area (Å²) in [6.45, 7) is 4.56. The third-order valence-corrected chi connectivity index (χ3v) is 5.01. The van der Waals surface area contributed by atoms with Crippen LogP contribution in [0.25, 0.3) is 0 Å². The van der Waals surface area contributed by atoms with Crippen molar-refractivity contribution in [3.05, 3.63) is 45.6 Å². The van der Waals surface area contributed by atoms with E-state index in [0.29, 0.717) is 34.4 Å². The van der Waals surface area contributed by atoms with E-state index in [1.165, 1.54) is 6.07 Å². The van der Waals surface area contributed by atoms with Crippen molar-refractivity contribution in [1.29, 1.82) is 0 Å². The number of anilines is 1. The summed E-state index contributed by atoms with van der Waals surface area (Å²) in [4.78, 5) is 27.1. The molecule has 1 saturated heterocycles. The third-order valence-electron chi connectivity index (χ3n) is 4.45.